The molecule has 0 amide bonds. The SMILES string of the molecule is Cc1c(Oc2cc(F)ccc2-c2ncc(CCN)cn2)cnn1C(C)C. The predicted molar refractivity (Wildman–Crippen MR) is 97.6 cm³/mol. The molecule has 1 aromatic carbocycles. The van der Waals surface area contributed by atoms with Gasteiger partial charge in [-0.2, -0.15) is 5.10 Å². The van der Waals surface area contributed by atoms with Crippen LogP contribution in [0.3, 0.4) is 0 Å². The Morgan fingerprint density at radius 3 is 2.50 bits per heavy atom. The number of halogens is 1. The first-order valence-electron chi connectivity index (χ1n) is 8.52. The zero-order chi connectivity index (χ0) is 18.7. The van der Waals surface area contributed by atoms with Crippen molar-refractivity contribution >= 4 is 0 Å². The van der Waals surface area contributed by atoms with Crippen molar-refractivity contribution in [2.45, 2.75) is 33.2 Å². The summed E-state index contributed by atoms with van der Waals surface area (Å²) < 4.78 is 21.6. The highest BCUT2D eigenvalue weighted by molar-refractivity contribution is 5.64. The fourth-order valence-corrected chi connectivity index (χ4v) is 2.70. The number of rotatable bonds is 6. The van der Waals surface area contributed by atoms with Gasteiger partial charge in [0, 0.05) is 24.5 Å². The summed E-state index contributed by atoms with van der Waals surface area (Å²) in [4.78, 5) is 8.73. The average Bonchev–Trinajstić information content (AvgIpc) is 2.97. The molecule has 0 radical (unpaired) electrons. The van der Waals surface area contributed by atoms with Gasteiger partial charge in [-0.1, -0.05) is 0 Å². The third kappa shape index (κ3) is 3.72. The Labute approximate surface area is 151 Å². The quantitative estimate of drug-likeness (QED) is 0.730. The van der Waals surface area contributed by atoms with Crippen LogP contribution >= 0.6 is 0 Å². The molecule has 0 bridgehead atoms. The largest absolute Gasteiger partial charge is 0.453 e. The van der Waals surface area contributed by atoms with Crippen molar-refractivity contribution in [2.24, 2.45) is 5.73 Å². The molecule has 3 rings (SSSR count). The minimum absolute atomic E-state index is 0.206. The lowest BCUT2D eigenvalue weighted by Crippen LogP contribution is -2.05. The Morgan fingerprint density at radius 2 is 1.88 bits per heavy atom. The lowest BCUT2D eigenvalue weighted by atomic mass is 10.1. The van der Waals surface area contributed by atoms with E-state index in [1.54, 1.807) is 24.7 Å². The van der Waals surface area contributed by atoms with Gasteiger partial charge in [0.1, 0.15) is 11.6 Å². The van der Waals surface area contributed by atoms with E-state index < -0.39 is 5.82 Å². The summed E-state index contributed by atoms with van der Waals surface area (Å²) in [6, 6.07) is 4.52. The molecule has 0 fully saturated rings. The third-order valence-corrected chi connectivity index (χ3v) is 4.03. The van der Waals surface area contributed by atoms with E-state index in [-0.39, 0.29) is 6.04 Å². The van der Waals surface area contributed by atoms with Gasteiger partial charge in [-0.15, -0.1) is 0 Å². The van der Waals surface area contributed by atoms with Crippen molar-refractivity contribution in [1.82, 2.24) is 19.7 Å². The highest BCUT2D eigenvalue weighted by Crippen LogP contribution is 2.34. The van der Waals surface area contributed by atoms with Crippen LogP contribution in [0.1, 0.15) is 31.1 Å². The fraction of sp³-hybridized carbons (Fsp3) is 0.316. The molecule has 0 spiro atoms. The maximum atomic E-state index is 13.8. The number of hydrogen-bond donors (Lipinski definition) is 1. The molecule has 26 heavy (non-hydrogen) atoms. The Morgan fingerprint density at radius 1 is 1.15 bits per heavy atom. The standard InChI is InChI=1S/C19H22FN5O/c1-12(2)25-13(3)18(11-24-25)26-17-8-15(20)4-5-16(17)19-22-9-14(6-7-21)10-23-19/h4-5,8-12H,6-7,21H2,1-3H3. The van der Waals surface area contributed by atoms with Gasteiger partial charge < -0.3 is 10.5 Å². The number of ether oxygens (including phenoxy) is 1. The van der Waals surface area contributed by atoms with Gasteiger partial charge in [-0.3, -0.25) is 4.68 Å². The first kappa shape index (κ1) is 18.0. The maximum Gasteiger partial charge on any atom is 0.168 e. The van der Waals surface area contributed by atoms with Crippen LogP contribution in [0, 0.1) is 12.7 Å². The molecule has 0 aliphatic heterocycles. The summed E-state index contributed by atoms with van der Waals surface area (Å²) in [6.07, 6.45) is 5.80. The minimum atomic E-state index is -0.391. The zero-order valence-corrected chi connectivity index (χ0v) is 15.1. The molecule has 2 aromatic heterocycles. The summed E-state index contributed by atoms with van der Waals surface area (Å²) in [7, 11) is 0. The summed E-state index contributed by atoms with van der Waals surface area (Å²) in [5.74, 6) is 1.00. The van der Waals surface area contributed by atoms with Crippen molar-refractivity contribution in [3.8, 4) is 22.9 Å². The van der Waals surface area contributed by atoms with Gasteiger partial charge in [-0.25, -0.2) is 14.4 Å². The molecule has 0 aliphatic carbocycles. The van der Waals surface area contributed by atoms with E-state index in [1.807, 2.05) is 25.5 Å². The van der Waals surface area contributed by atoms with E-state index >= 15 is 0 Å². The number of hydrogen-bond acceptors (Lipinski definition) is 5. The van der Waals surface area contributed by atoms with Gasteiger partial charge in [0.15, 0.2) is 11.6 Å². The molecule has 3 aromatic rings. The Hall–Kier alpha value is -2.80. The van der Waals surface area contributed by atoms with Gasteiger partial charge in [0.2, 0.25) is 0 Å². The van der Waals surface area contributed by atoms with Crippen LogP contribution in [0.2, 0.25) is 0 Å². The van der Waals surface area contributed by atoms with E-state index in [4.69, 9.17) is 10.5 Å². The average molecular weight is 355 g/mol. The van der Waals surface area contributed by atoms with Crippen LogP contribution in [-0.2, 0) is 6.42 Å². The maximum absolute atomic E-state index is 13.8. The molecule has 0 atom stereocenters. The first-order chi connectivity index (χ1) is 12.5. The predicted octanol–water partition coefficient (Wildman–Crippen LogP) is 3.66. The van der Waals surface area contributed by atoms with Crippen LogP contribution < -0.4 is 10.5 Å². The number of aromatic nitrogens is 4. The third-order valence-electron chi connectivity index (χ3n) is 4.03. The number of nitrogens with two attached hydrogens (primary N) is 1. The van der Waals surface area contributed by atoms with Crippen LogP contribution in [0.4, 0.5) is 4.39 Å². The molecule has 7 heteroatoms. The normalized spacial score (nSPS) is 11.2. The van der Waals surface area contributed by atoms with Crippen molar-refractivity contribution in [3.63, 3.8) is 0 Å². The molecule has 0 saturated heterocycles. The minimum Gasteiger partial charge on any atom is -0.453 e. The Kier molecular flexibility index (Phi) is 5.27. The molecular formula is C19H22FN5O. The van der Waals surface area contributed by atoms with Gasteiger partial charge >= 0.3 is 0 Å². The molecule has 6 nitrogen and oxygen atoms in total. The van der Waals surface area contributed by atoms with Crippen molar-refractivity contribution in [2.75, 3.05) is 6.54 Å². The van der Waals surface area contributed by atoms with E-state index in [0.29, 0.717) is 35.9 Å². The summed E-state index contributed by atoms with van der Waals surface area (Å²) in [5.41, 5.74) is 7.99. The van der Waals surface area contributed by atoms with Gasteiger partial charge in [-0.05, 0) is 51.4 Å². The van der Waals surface area contributed by atoms with Crippen LogP contribution in [0.15, 0.2) is 36.8 Å². The molecule has 0 aliphatic rings. The van der Waals surface area contributed by atoms with E-state index in [2.05, 4.69) is 15.1 Å². The van der Waals surface area contributed by atoms with Gasteiger partial charge in [0.25, 0.3) is 0 Å². The highest BCUT2D eigenvalue weighted by Gasteiger charge is 2.16. The van der Waals surface area contributed by atoms with Crippen molar-refractivity contribution < 1.29 is 9.13 Å². The zero-order valence-electron chi connectivity index (χ0n) is 15.1. The summed E-state index contributed by atoms with van der Waals surface area (Å²) in [5, 5.41) is 4.32. The van der Waals surface area contributed by atoms with Crippen LogP contribution in [-0.4, -0.2) is 26.3 Å². The monoisotopic (exact) mass is 355 g/mol. The highest BCUT2D eigenvalue weighted by atomic mass is 19.1. The molecule has 0 unspecified atom stereocenters. The van der Waals surface area contributed by atoms with Crippen LogP contribution in [0.25, 0.3) is 11.4 Å². The van der Waals surface area contributed by atoms with Gasteiger partial charge in [0.05, 0.1) is 17.5 Å². The molecule has 136 valence electrons. The molecule has 2 N–H and O–H groups in total. The lowest BCUT2D eigenvalue weighted by Gasteiger charge is -2.12. The molecule has 2 heterocycles. The summed E-state index contributed by atoms with van der Waals surface area (Å²) >= 11 is 0. The van der Waals surface area contributed by atoms with E-state index in [0.717, 1.165) is 11.3 Å². The lowest BCUT2D eigenvalue weighted by molar-refractivity contribution is 0.465. The Bertz CT molecular complexity index is 889. The summed E-state index contributed by atoms with van der Waals surface area (Å²) in [6.45, 7) is 6.52. The van der Waals surface area contributed by atoms with Crippen molar-refractivity contribution in [1.29, 1.82) is 0 Å². The smallest absolute Gasteiger partial charge is 0.168 e. The second-order valence-corrected chi connectivity index (χ2v) is 6.33. The molecular weight excluding hydrogens is 333 g/mol. The Balaban J connectivity index is 1.96. The van der Waals surface area contributed by atoms with E-state index in [9.17, 15) is 4.39 Å². The van der Waals surface area contributed by atoms with Crippen LogP contribution in [0.5, 0.6) is 11.5 Å². The number of benzene rings is 1. The van der Waals surface area contributed by atoms with E-state index in [1.165, 1.54) is 12.1 Å². The second-order valence-electron chi connectivity index (χ2n) is 6.33. The van der Waals surface area contributed by atoms with Crippen molar-refractivity contribution in [3.05, 3.63) is 53.9 Å². The second kappa shape index (κ2) is 7.61. The first-order valence-corrected chi connectivity index (χ1v) is 8.52. The number of nitrogens with zero attached hydrogens (tertiary/aromatic N) is 4. The topological polar surface area (TPSA) is 78.8 Å². The fourth-order valence-electron chi connectivity index (χ4n) is 2.70. The molecule has 0 saturated carbocycles.